The van der Waals surface area contributed by atoms with Crippen molar-refractivity contribution in [3.8, 4) is 5.75 Å². The molecule has 0 amide bonds. The van der Waals surface area contributed by atoms with Crippen molar-refractivity contribution in [2.24, 2.45) is 0 Å². The third kappa shape index (κ3) is 2.77. The van der Waals surface area contributed by atoms with Crippen molar-refractivity contribution in [1.29, 1.82) is 0 Å². The van der Waals surface area contributed by atoms with Gasteiger partial charge in [-0.25, -0.2) is 9.50 Å². The highest BCUT2D eigenvalue weighted by atomic mass is 32.1. The molecule has 0 radical (unpaired) electrons. The number of aromatic nitrogens is 3. The topological polar surface area (TPSA) is 59.7 Å². The fourth-order valence-corrected chi connectivity index (χ4v) is 3.04. The molecule has 0 fully saturated rings. The molecule has 0 aliphatic rings. The van der Waals surface area contributed by atoms with Gasteiger partial charge in [0.15, 0.2) is 5.01 Å². The van der Waals surface area contributed by atoms with Gasteiger partial charge in [0.05, 0.1) is 18.0 Å². The number of benzene rings is 1. The van der Waals surface area contributed by atoms with E-state index in [1.165, 1.54) is 16.9 Å². The highest BCUT2D eigenvalue weighted by molar-refractivity contribution is 7.16. The van der Waals surface area contributed by atoms with Gasteiger partial charge in [-0.05, 0) is 31.0 Å². The van der Waals surface area contributed by atoms with Crippen molar-refractivity contribution in [3.63, 3.8) is 0 Å². The van der Waals surface area contributed by atoms with Gasteiger partial charge in [0.25, 0.3) is 0 Å². The third-order valence-electron chi connectivity index (χ3n) is 3.36. The molecule has 3 rings (SSSR count). The van der Waals surface area contributed by atoms with Crippen LogP contribution < -0.4 is 4.74 Å². The lowest BCUT2D eigenvalue weighted by atomic mass is 10.2. The van der Waals surface area contributed by atoms with Gasteiger partial charge < -0.3 is 9.84 Å². The zero-order valence-electron chi connectivity index (χ0n) is 12.0. The summed E-state index contributed by atoms with van der Waals surface area (Å²) in [5.74, 6) is 0.848. The Balaban J connectivity index is 1.77. The predicted octanol–water partition coefficient (Wildman–Crippen LogP) is 2.73. The van der Waals surface area contributed by atoms with E-state index in [0.717, 1.165) is 33.5 Å². The summed E-state index contributed by atoms with van der Waals surface area (Å²) in [6.45, 7) is 4.34. The van der Waals surface area contributed by atoms with E-state index in [0.29, 0.717) is 6.61 Å². The van der Waals surface area contributed by atoms with E-state index in [2.05, 4.69) is 23.1 Å². The average Bonchev–Trinajstić information content (AvgIpc) is 3.01. The molecule has 0 spiro atoms. The van der Waals surface area contributed by atoms with Gasteiger partial charge in [-0.1, -0.05) is 30.4 Å². The molecule has 2 heterocycles. The molecular formula is C15H17N3O2S. The van der Waals surface area contributed by atoms with Crippen molar-refractivity contribution in [3.05, 3.63) is 46.2 Å². The summed E-state index contributed by atoms with van der Waals surface area (Å²) in [6.07, 6.45) is 0.988. The number of aliphatic hydroxyl groups is 1. The summed E-state index contributed by atoms with van der Waals surface area (Å²) in [4.78, 5) is 5.18. The van der Waals surface area contributed by atoms with E-state index in [4.69, 9.17) is 4.74 Å². The molecule has 0 aliphatic heterocycles. The summed E-state index contributed by atoms with van der Waals surface area (Å²) in [5, 5.41) is 14.6. The second kappa shape index (κ2) is 5.83. The second-order valence-electron chi connectivity index (χ2n) is 4.78. The van der Waals surface area contributed by atoms with Crippen molar-refractivity contribution in [2.75, 3.05) is 0 Å². The van der Waals surface area contributed by atoms with Crippen LogP contribution in [-0.4, -0.2) is 19.7 Å². The van der Waals surface area contributed by atoms with Crippen LogP contribution in [0.2, 0.25) is 0 Å². The van der Waals surface area contributed by atoms with E-state index in [-0.39, 0.29) is 6.61 Å². The maximum absolute atomic E-state index is 9.35. The van der Waals surface area contributed by atoms with Crippen molar-refractivity contribution in [2.45, 2.75) is 33.5 Å². The minimum Gasteiger partial charge on any atom is -0.486 e. The number of aliphatic hydroxyl groups excluding tert-OH is 1. The van der Waals surface area contributed by atoms with E-state index in [1.54, 1.807) is 4.52 Å². The zero-order valence-corrected chi connectivity index (χ0v) is 12.9. The lowest BCUT2D eigenvalue weighted by molar-refractivity contribution is 0.272. The van der Waals surface area contributed by atoms with Crippen LogP contribution in [-0.2, 0) is 19.6 Å². The molecule has 6 heteroatoms. The first kappa shape index (κ1) is 14.0. The number of hydrogen-bond acceptors (Lipinski definition) is 5. The summed E-state index contributed by atoms with van der Waals surface area (Å²) < 4.78 is 7.48. The van der Waals surface area contributed by atoms with Gasteiger partial charge in [-0.3, -0.25) is 0 Å². The van der Waals surface area contributed by atoms with Crippen LogP contribution in [0.3, 0.4) is 0 Å². The Bertz CT molecular complexity index is 763. The first-order valence-corrected chi connectivity index (χ1v) is 7.69. The van der Waals surface area contributed by atoms with Crippen molar-refractivity contribution in [1.82, 2.24) is 14.6 Å². The molecule has 0 saturated carbocycles. The van der Waals surface area contributed by atoms with Crippen molar-refractivity contribution >= 4 is 16.3 Å². The molecule has 0 saturated heterocycles. The van der Waals surface area contributed by atoms with Crippen LogP contribution in [0.4, 0.5) is 0 Å². The maximum Gasteiger partial charge on any atom is 0.212 e. The minimum absolute atomic E-state index is 0.0599. The molecule has 2 aromatic heterocycles. The van der Waals surface area contributed by atoms with E-state index < -0.39 is 0 Å². The number of ether oxygens (including phenoxy) is 1. The van der Waals surface area contributed by atoms with Gasteiger partial charge in [-0.15, -0.1) is 0 Å². The van der Waals surface area contributed by atoms with Crippen LogP contribution in [0.15, 0.2) is 24.3 Å². The molecule has 1 N–H and O–H groups in total. The van der Waals surface area contributed by atoms with Gasteiger partial charge in [0.1, 0.15) is 12.4 Å². The molecule has 0 bridgehead atoms. The van der Waals surface area contributed by atoms with Crippen LogP contribution in [0.1, 0.15) is 28.9 Å². The Morgan fingerprint density at radius 1 is 1.38 bits per heavy atom. The van der Waals surface area contributed by atoms with Gasteiger partial charge in [0, 0.05) is 0 Å². The lowest BCUT2D eigenvalue weighted by Crippen LogP contribution is -1.99. The molecular weight excluding hydrogens is 286 g/mol. The Kier molecular flexibility index (Phi) is 3.90. The highest BCUT2D eigenvalue weighted by Gasteiger charge is 2.13. The first-order valence-electron chi connectivity index (χ1n) is 6.87. The summed E-state index contributed by atoms with van der Waals surface area (Å²) in [6, 6.07) is 8.07. The number of imidazole rings is 1. The normalized spacial score (nSPS) is 11.2. The number of aryl methyl sites for hydroxylation is 2. The fourth-order valence-electron chi connectivity index (χ4n) is 2.17. The molecule has 3 aromatic rings. The molecule has 5 nitrogen and oxygen atoms in total. The van der Waals surface area contributed by atoms with Crippen LogP contribution >= 0.6 is 11.3 Å². The van der Waals surface area contributed by atoms with E-state index >= 15 is 0 Å². The Hall–Kier alpha value is -1.92. The standard InChI is InChI=1S/C15H17N3O2S/c1-3-11-5-4-6-12(7-11)20-9-14-17-18-13(8-19)10(2)16-15(18)21-14/h4-7,19H,3,8-9H2,1-2H3. The number of nitrogens with zero attached hydrogens (tertiary/aromatic N) is 3. The van der Waals surface area contributed by atoms with Gasteiger partial charge >= 0.3 is 0 Å². The summed E-state index contributed by atoms with van der Waals surface area (Å²) >= 11 is 1.48. The van der Waals surface area contributed by atoms with Crippen molar-refractivity contribution < 1.29 is 9.84 Å². The fraction of sp³-hybridized carbons (Fsp3) is 0.333. The molecule has 21 heavy (non-hydrogen) atoms. The van der Waals surface area contributed by atoms with Crippen LogP contribution in [0.5, 0.6) is 5.75 Å². The second-order valence-corrected chi connectivity index (χ2v) is 5.82. The molecule has 1 aromatic carbocycles. The molecule has 0 unspecified atom stereocenters. The number of rotatable bonds is 5. The zero-order chi connectivity index (χ0) is 14.8. The summed E-state index contributed by atoms with van der Waals surface area (Å²) in [5.41, 5.74) is 2.81. The number of fused-ring (bicyclic) bond motifs is 1. The van der Waals surface area contributed by atoms with E-state index in [9.17, 15) is 5.11 Å². The Morgan fingerprint density at radius 3 is 3.00 bits per heavy atom. The minimum atomic E-state index is -0.0599. The third-order valence-corrected chi connectivity index (χ3v) is 4.24. The van der Waals surface area contributed by atoms with Gasteiger partial charge in [-0.2, -0.15) is 5.10 Å². The molecule has 0 atom stereocenters. The molecule has 110 valence electrons. The average molecular weight is 303 g/mol. The largest absolute Gasteiger partial charge is 0.486 e. The Morgan fingerprint density at radius 2 is 2.24 bits per heavy atom. The SMILES string of the molecule is CCc1cccc(OCc2nn3c(CO)c(C)nc3s2)c1. The lowest BCUT2D eigenvalue weighted by Gasteiger charge is -2.05. The van der Waals surface area contributed by atoms with Crippen LogP contribution in [0, 0.1) is 6.92 Å². The van der Waals surface area contributed by atoms with Gasteiger partial charge in [0.2, 0.25) is 4.96 Å². The number of hydrogen-bond donors (Lipinski definition) is 1. The van der Waals surface area contributed by atoms with E-state index in [1.807, 2.05) is 25.1 Å². The first-order chi connectivity index (χ1) is 10.2. The maximum atomic E-state index is 9.35. The highest BCUT2D eigenvalue weighted by Crippen LogP contribution is 2.21. The molecule has 0 aliphatic carbocycles. The monoisotopic (exact) mass is 303 g/mol. The summed E-state index contributed by atoms with van der Waals surface area (Å²) in [7, 11) is 0. The quantitative estimate of drug-likeness (QED) is 0.787. The Labute approximate surface area is 126 Å². The van der Waals surface area contributed by atoms with Crippen LogP contribution in [0.25, 0.3) is 4.96 Å². The predicted molar refractivity (Wildman–Crippen MR) is 81.7 cm³/mol. The smallest absolute Gasteiger partial charge is 0.212 e.